The molecular weight excluding hydrogens is 254 g/mol. The molecule has 1 saturated heterocycles. The monoisotopic (exact) mass is 275 g/mol. The van der Waals surface area contributed by atoms with Crippen molar-refractivity contribution in [2.45, 2.75) is 51.0 Å². The number of hydrogen-bond donors (Lipinski definition) is 2. The Bertz CT molecular complexity index is 363. The van der Waals surface area contributed by atoms with Crippen molar-refractivity contribution in [3.05, 3.63) is 0 Å². The summed E-state index contributed by atoms with van der Waals surface area (Å²) in [6.07, 6.45) is -1.74. The van der Waals surface area contributed by atoms with Gasteiger partial charge in [0, 0.05) is 0 Å². The molecule has 0 aromatic rings. The lowest BCUT2D eigenvalue weighted by Crippen LogP contribution is -2.68. The van der Waals surface area contributed by atoms with Crippen LogP contribution in [0.2, 0.25) is 18.1 Å². The molecule has 1 heterocycles. The lowest BCUT2D eigenvalue weighted by atomic mass is 10.0. The van der Waals surface area contributed by atoms with Gasteiger partial charge in [-0.05, 0) is 18.1 Å². The van der Waals surface area contributed by atoms with Crippen molar-refractivity contribution in [3.63, 3.8) is 0 Å². The predicted octanol–water partition coefficient (Wildman–Crippen LogP) is 1.82. The molecule has 2 atom stereocenters. The molecule has 0 unspecified atom stereocenters. The highest BCUT2D eigenvalue weighted by atomic mass is 28.4. The second-order valence-electron chi connectivity index (χ2n) is 6.13. The first kappa shape index (κ1) is 15.0. The van der Waals surface area contributed by atoms with Crippen molar-refractivity contribution in [1.29, 1.82) is 0 Å². The molecule has 0 aromatic heterocycles. The number of likely N-dealkylation sites (tertiary alicyclic amines) is 1. The highest BCUT2D eigenvalue weighted by Crippen LogP contribution is 2.39. The molecule has 1 amide bonds. The van der Waals surface area contributed by atoms with E-state index >= 15 is 0 Å². The third-order valence-electron chi connectivity index (χ3n) is 3.82. The summed E-state index contributed by atoms with van der Waals surface area (Å²) in [7, 11) is -2.07. The van der Waals surface area contributed by atoms with Gasteiger partial charge in [-0.2, -0.15) is 0 Å². The van der Waals surface area contributed by atoms with E-state index in [4.69, 9.17) is 14.6 Å². The topological polar surface area (TPSA) is 87.1 Å². The molecule has 0 aromatic carbocycles. The summed E-state index contributed by atoms with van der Waals surface area (Å²) in [6, 6.07) is -1.07. The Labute approximate surface area is 108 Å². The zero-order chi connectivity index (χ0) is 14.3. The number of amides is 1. The van der Waals surface area contributed by atoms with Crippen molar-refractivity contribution in [2.75, 3.05) is 6.54 Å². The normalized spacial score (nSPS) is 24.6. The van der Waals surface area contributed by atoms with Crippen molar-refractivity contribution in [2.24, 2.45) is 0 Å². The van der Waals surface area contributed by atoms with Gasteiger partial charge in [-0.25, -0.2) is 9.59 Å². The van der Waals surface area contributed by atoms with Gasteiger partial charge in [0.25, 0.3) is 0 Å². The van der Waals surface area contributed by atoms with Crippen LogP contribution in [-0.2, 0) is 9.22 Å². The van der Waals surface area contributed by atoms with Crippen LogP contribution in [0.4, 0.5) is 4.79 Å². The van der Waals surface area contributed by atoms with E-state index < -0.39 is 32.5 Å². The summed E-state index contributed by atoms with van der Waals surface area (Å²) in [5.74, 6) is -1.15. The van der Waals surface area contributed by atoms with Crippen LogP contribution in [0.1, 0.15) is 20.8 Å². The van der Waals surface area contributed by atoms with E-state index in [0.717, 1.165) is 4.90 Å². The van der Waals surface area contributed by atoms with Gasteiger partial charge in [0.15, 0.2) is 14.4 Å². The van der Waals surface area contributed by atoms with Crippen LogP contribution in [-0.4, -0.2) is 54.2 Å². The van der Waals surface area contributed by atoms with Gasteiger partial charge in [0.05, 0.1) is 12.6 Å². The molecule has 1 aliphatic heterocycles. The molecule has 0 bridgehead atoms. The van der Waals surface area contributed by atoms with Gasteiger partial charge in [0.1, 0.15) is 0 Å². The Morgan fingerprint density at radius 1 is 1.28 bits per heavy atom. The highest BCUT2D eigenvalue weighted by Gasteiger charge is 2.51. The zero-order valence-electron chi connectivity index (χ0n) is 11.4. The fourth-order valence-corrected chi connectivity index (χ4v) is 2.93. The van der Waals surface area contributed by atoms with Crippen molar-refractivity contribution in [3.8, 4) is 0 Å². The average molecular weight is 275 g/mol. The SMILES string of the molecule is CC(C)(C)[Si](C)(C)O[C@H]1CN(C(=O)O)[C@@H]1C(=O)O. The smallest absolute Gasteiger partial charge is 0.408 e. The van der Waals surface area contributed by atoms with E-state index in [1.165, 1.54) is 0 Å². The van der Waals surface area contributed by atoms with Gasteiger partial charge in [0.2, 0.25) is 0 Å². The average Bonchev–Trinajstić information content (AvgIpc) is 2.07. The molecule has 1 fully saturated rings. The molecule has 0 spiro atoms. The molecule has 1 rings (SSSR count). The number of carbonyl (C=O) groups is 2. The molecular formula is C11H21NO5Si. The third kappa shape index (κ3) is 2.67. The molecule has 0 radical (unpaired) electrons. The maximum absolute atomic E-state index is 11.1. The lowest BCUT2D eigenvalue weighted by molar-refractivity contribution is -0.155. The molecule has 0 aliphatic carbocycles. The first-order valence-corrected chi connectivity index (χ1v) is 8.78. The third-order valence-corrected chi connectivity index (χ3v) is 8.32. The summed E-state index contributed by atoms with van der Waals surface area (Å²) >= 11 is 0. The molecule has 7 heteroatoms. The highest BCUT2D eigenvalue weighted by molar-refractivity contribution is 6.74. The van der Waals surface area contributed by atoms with Crippen LogP contribution in [0, 0.1) is 0 Å². The Morgan fingerprint density at radius 2 is 1.78 bits per heavy atom. The summed E-state index contributed by atoms with van der Waals surface area (Å²) < 4.78 is 5.95. The van der Waals surface area contributed by atoms with E-state index in [-0.39, 0.29) is 11.6 Å². The summed E-state index contributed by atoms with van der Waals surface area (Å²) in [4.78, 5) is 22.8. The minimum atomic E-state index is -2.07. The van der Waals surface area contributed by atoms with Crippen LogP contribution >= 0.6 is 0 Å². The Morgan fingerprint density at radius 3 is 2.11 bits per heavy atom. The Hall–Kier alpha value is -1.08. The number of hydrogen-bond acceptors (Lipinski definition) is 3. The molecule has 1 aliphatic rings. The van der Waals surface area contributed by atoms with E-state index in [1.54, 1.807) is 0 Å². The zero-order valence-corrected chi connectivity index (χ0v) is 12.4. The van der Waals surface area contributed by atoms with Gasteiger partial charge < -0.3 is 14.6 Å². The van der Waals surface area contributed by atoms with Gasteiger partial charge in [-0.15, -0.1) is 0 Å². The summed E-state index contributed by atoms with van der Waals surface area (Å²) in [5.41, 5.74) is 0. The van der Waals surface area contributed by atoms with E-state index in [9.17, 15) is 9.59 Å². The Kier molecular flexibility index (Phi) is 3.78. The largest absolute Gasteiger partial charge is 0.480 e. The van der Waals surface area contributed by atoms with E-state index in [2.05, 4.69) is 20.8 Å². The number of carboxylic acids is 1. The number of rotatable bonds is 3. The summed E-state index contributed by atoms with van der Waals surface area (Å²) in [6.45, 7) is 10.4. The van der Waals surface area contributed by atoms with Crippen LogP contribution in [0.3, 0.4) is 0 Å². The van der Waals surface area contributed by atoms with E-state index in [0.29, 0.717) is 0 Å². The number of carboxylic acid groups (broad SMARTS) is 2. The maximum Gasteiger partial charge on any atom is 0.408 e. The minimum absolute atomic E-state index is 0.0281. The number of nitrogens with zero attached hydrogens (tertiary/aromatic N) is 1. The number of aliphatic carboxylic acids is 1. The van der Waals surface area contributed by atoms with Crippen LogP contribution < -0.4 is 0 Å². The quantitative estimate of drug-likeness (QED) is 0.767. The Balaban J connectivity index is 2.76. The van der Waals surface area contributed by atoms with Gasteiger partial charge >= 0.3 is 12.1 Å². The van der Waals surface area contributed by atoms with Gasteiger partial charge in [-0.3, -0.25) is 4.90 Å². The van der Waals surface area contributed by atoms with Crippen LogP contribution in [0.15, 0.2) is 0 Å². The first-order valence-electron chi connectivity index (χ1n) is 5.87. The second-order valence-corrected chi connectivity index (χ2v) is 10.9. The van der Waals surface area contributed by atoms with E-state index in [1.807, 2.05) is 13.1 Å². The fraction of sp³-hybridized carbons (Fsp3) is 0.818. The van der Waals surface area contributed by atoms with Crippen molar-refractivity contribution in [1.82, 2.24) is 4.90 Å². The van der Waals surface area contributed by atoms with Crippen molar-refractivity contribution >= 4 is 20.4 Å². The van der Waals surface area contributed by atoms with Crippen LogP contribution in [0.25, 0.3) is 0 Å². The fourth-order valence-electron chi connectivity index (χ4n) is 1.62. The minimum Gasteiger partial charge on any atom is -0.480 e. The van der Waals surface area contributed by atoms with Gasteiger partial charge in [-0.1, -0.05) is 20.8 Å². The second kappa shape index (κ2) is 4.54. The standard InChI is InChI=1S/C11H21NO5Si/c1-11(2,3)18(4,5)17-7-6-12(10(15)16)8(7)9(13)14/h7-8H,6H2,1-5H3,(H,13,14)(H,15,16)/t7-,8-/m0/s1. The maximum atomic E-state index is 11.1. The molecule has 6 nitrogen and oxygen atoms in total. The lowest BCUT2D eigenvalue weighted by Gasteiger charge is -2.48. The van der Waals surface area contributed by atoms with Crippen molar-refractivity contribution < 1.29 is 24.2 Å². The summed E-state index contributed by atoms with van der Waals surface area (Å²) in [5, 5.41) is 17.9. The molecule has 104 valence electrons. The molecule has 0 saturated carbocycles. The van der Waals surface area contributed by atoms with Crippen LogP contribution in [0.5, 0.6) is 0 Å². The molecule has 2 N–H and O–H groups in total. The predicted molar refractivity (Wildman–Crippen MR) is 68.2 cm³/mol. The first-order chi connectivity index (χ1) is 7.97. The molecule has 18 heavy (non-hydrogen) atoms.